The second-order valence-electron chi connectivity index (χ2n) is 6.43. The minimum Gasteiger partial charge on any atom is -0.501 e. The Hall–Kier alpha value is -2.26. The molecule has 0 aliphatic heterocycles. The topological polar surface area (TPSA) is 111 Å². The predicted molar refractivity (Wildman–Crippen MR) is 119 cm³/mol. The number of aliphatic imine (C=N–C) groups is 1. The molecule has 0 saturated heterocycles. The van der Waals surface area contributed by atoms with Crippen molar-refractivity contribution in [1.82, 2.24) is 0 Å². The van der Waals surface area contributed by atoms with Crippen LogP contribution in [-0.4, -0.2) is 51.7 Å². The summed E-state index contributed by atoms with van der Waals surface area (Å²) in [5.74, 6) is 0.907. The third-order valence-corrected chi connectivity index (χ3v) is 4.06. The molecule has 2 aromatic rings. The van der Waals surface area contributed by atoms with E-state index < -0.39 is 16.1 Å². The molecule has 1 aliphatic carbocycles. The van der Waals surface area contributed by atoms with Gasteiger partial charge in [0.15, 0.2) is 6.61 Å². The van der Waals surface area contributed by atoms with E-state index in [9.17, 15) is 13.2 Å². The Bertz CT molecular complexity index is 997. The minimum absolute atomic E-state index is 0. The molecular weight excluding hydrogens is 615 g/mol. The van der Waals surface area contributed by atoms with E-state index in [1.54, 1.807) is 7.11 Å². The van der Waals surface area contributed by atoms with Crippen molar-refractivity contribution < 1.29 is 52.1 Å². The molecular formula is C22H27IrNO7S-2. The number of rotatable bonds is 5. The van der Waals surface area contributed by atoms with Gasteiger partial charge in [0.25, 0.3) is 10.1 Å². The van der Waals surface area contributed by atoms with Crippen molar-refractivity contribution in [2.75, 3.05) is 27.1 Å². The van der Waals surface area contributed by atoms with Crippen LogP contribution in [0.25, 0.3) is 0 Å². The van der Waals surface area contributed by atoms with Crippen LogP contribution in [0.4, 0.5) is 5.69 Å². The first-order valence-electron chi connectivity index (χ1n) is 9.09. The van der Waals surface area contributed by atoms with Crippen LogP contribution in [0.1, 0.15) is 24.0 Å². The predicted octanol–water partition coefficient (Wildman–Crippen LogP) is 3.46. The molecule has 32 heavy (non-hydrogen) atoms. The average molecular weight is 642 g/mol. The van der Waals surface area contributed by atoms with Gasteiger partial charge in [-0.3, -0.25) is 4.55 Å². The van der Waals surface area contributed by atoms with Crippen molar-refractivity contribution in [2.24, 2.45) is 4.99 Å². The number of hydrogen-bond acceptors (Lipinski definition) is 7. The SMILES string of the molecule is COC(=O)COc1[c-]c2c(cc1)CCCC2=Nc1ccc(OC)cc1.CS(=O)(=O)O.[CH3-].[Ir]. The Morgan fingerprint density at radius 2 is 1.75 bits per heavy atom. The standard InChI is InChI=1S/C20H20NO4.CH4O3S.CH3.Ir/c1-23-16-10-7-15(8-11-16)21-19-5-3-4-14-6-9-17(12-18(14)19)25-13-20(22)24-2;1-5(2,3)4;;/h6-11H,3-5,13H2,1-2H3;1H3,(H,2,3,4);1H3;/q-1;;-1;. The van der Waals surface area contributed by atoms with Crippen molar-refractivity contribution >= 4 is 27.5 Å². The van der Waals surface area contributed by atoms with Crippen molar-refractivity contribution in [3.8, 4) is 11.5 Å². The van der Waals surface area contributed by atoms with Gasteiger partial charge in [-0.1, -0.05) is 18.9 Å². The Kier molecular flexibility index (Phi) is 13.0. The molecule has 2 aromatic carbocycles. The van der Waals surface area contributed by atoms with Gasteiger partial charge in [-0.25, -0.2) is 4.79 Å². The van der Waals surface area contributed by atoms with Crippen LogP contribution in [0, 0.1) is 13.5 Å². The van der Waals surface area contributed by atoms with E-state index in [2.05, 4.69) is 10.8 Å². The van der Waals surface area contributed by atoms with Crippen molar-refractivity contribution in [3.05, 3.63) is 61.0 Å². The number of carbonyl (C=O) groups is 1. The van der Waals surface area contributed by atoms with E-state index >= 15 is 0 Å². The molecule has 3 rings (SSSR count). The summed E-state index contributed by atoms with van der Waals surface area (Å²) < 4.78 is 41.1. The van der Waals surface area contributed by atoms with Gasteiger partial charge in [-0.2, -0.15) is 8.42 Å². The fourth-order valence-electron chi connectivity index (χ4n) is 2.75. The van der Waals surface area contributed by atoms with Gasteiger partial charge in [0, 0.05) is 25.9 Å². The molecule has 0 amide bonds. The molecule has 0 heterocycles. The molecule has 1 N–H and O–H groups in total. The fraction of sp³-hybridized carbons (Fsp3) is 0.318. The summed E-state index contributed by atoms with van der Waals surface area (Å²) in [6.07, 6.45) is 3.64. The molecule has 1 radical (unpaired) electrons. The van der Waals surface area contributed by atoms with Gasteiger partial charge in [0.05, 0.1) is 26.2 Å². The number of benzene rings is 2. The van der Waals surface area contributed by atoms with E-state index in [1.807, 2.05) is 36.4 Å². The van der Waals surface area contributed by atoms with Crippen LogP contribution in [0.2, 0.25) is 0 Å². The summed E-state index contributed by atoms with van der Waals surface area (Å²) in [6, 6.07) is 14.7. The number of aryl methyl sites for hydroxylation is 1. The Morgan fingerprint density at radius 3 is 2.31 bits per heavy atom. The van der Waals surface area contributed by atoms with Crippen LogP contribution in [0.5, 0.6) is 11.5 Å². The second-order valence-corrected chi connectivity index (χ2v) is 7.90. The van der Waals surface area contributed by atoms with Crippen LogP contribution in [-0.2, 0) is 46.2 Å². The van der Waals surface area contributed by atoms with Crippen molar-refractivity contribution in [1.29, 1.82) is 0 Å². The van der Waals surface area contributed by atoms with E-state index in [1.165, 1.54) is 12.7 Å². The summed E-state index contributed by atoms with van der Waals surface area (Å²) in [5.41, 5.74) is 4.02. The molecule has 0 fully saturated rings. The zero-order chi connectivity index (χ0) is 22.1. The summed E-state index contributed by atoms with van der Waals surface area (Å²) >= 11 is 0. The normalized spacial score (nSPS) is 13.3. The van der Waals surface area contributed by atoms with Crippen molar-refractivity contribution in [2.45, 2.75) is 19.3 Å². The zero-order valence-corrected chi connectivity index (χ0v) is 21.6. The molecule has 0 spiro atoms. The number of esters is 1. The van der Waals surface area contributed by atoms with E-state index in [0.717, 1.165) is 42.0 Å². The summed E-state index contributed by atoms with van der Waals surface area (Å²) in [6.45, 7) is -0.128. The van der Waals surface area contributed by atoms with Gasteiger partial charge in [-0.15, -0.1) is 23.3 Å². The number of methoxy groups -OCH3 is 2. The largest absolute Gasteiger partial charge is 0.501 e. The maximum absolute atomic E-state index is 11.2. The Morgan fingerprint density at radius 1 is 1.12 bits per heavy atom. The molecule has 1 aliphatic rings. The van der Waals surface area contributed by atoms with Gasteiger partial charge in [-0.05, 0) is 36.4 Å². The number of ether oxygens (including phenoxy) is 3. The number of nitrogens with zero attached hydrogens (tertiary/aromatic N) is 1. The maximum Gasteiger partial charge on any atom is 0.343 e. The van der Waals surface area contributed by atoms with Gasteiger partial charge >= 0.3 is 5.97 Å². The molecule has 10 heteroatoms. The molecule has 0 saturated carbocycles. The Labute approximate surface area is 203 Å². The van der Waals surface area contributed by atoms with Gasteiger partial charge in [0.1, 0.15) is 5.75 Å². The average Bonchev–Trinajstić information content (AvgIpc) is 2.71. The van der Waals surface area contributed by atoms with Crippen molar-refractivity contribution in [3.63, 3.8) is 0 Å². The zero-order valence-electron chi connectivity index (χ0n) is 18.4. The van der Waals surface area contributed by atoms with Crippen LogP contribution >= 0.6 is 0 Å². The summed E-state index contributed by atoms with van der Waals surface area (Å²) in [7, 11) is -0.690. The third-order valence-electron chi connectivity index (χ3n) is 4.06. The van der Waals surface area contributed by atoms with Crippen LogP contribution in [0.3, 0.4) is 0 Å². The third kappa shape index (κ3) is 10.4. The minimum atomic E-state index is -3.67. The summed E-state index contributed by atoms with van der Waals surface area (Å²) in [5, 5.41) is 0. The van der Waals surface area contributed by atoms with Crippen LogP contribution < -0.4 is 9.47 Å². The quantitative estimate of drug-likeness (QED) is 0.303. The fourth-order valence-corrected chi connectivity index (χ4v) is 2.75. The van der Waals surface area contributed by atoms with Gasteiger partial charge in [0.2, 0.25) is 0 Å². The molecule has 0 aromatic heterocycles. The molecule has 179 valence electrons. The molecule has 0 atom stereocenters. The van der Waals surface area contributed by atoms with Gasteiger partial charge < -0.3 is 26.6 Å². The first kappa shape index (κ1) is 29.7. The molecule has 0 unspecified atom stereocenters. The smallest absolute Gasteiger partial charge is 0.343 e. The molecule has 0 bridgehead atoms. The monoisotopic (exact) mass is 642 g/mol. The second kappa shape index (κ2) is 14.0. The number of fused-ring (bicyclic) bond motifs is 1. The van der Waals surface area contributed by atoms with Crippen LogP contribution in [0.15, 0.2) is 41.4 Å². The van der Waals surface area contributed by atoms with E-state index in [4.69, 9.17) is 19.0 Å². The first-order chi connectivity index (χ1) is 14.2. The number of hydrogen-bond donors (Lipinski definition) is 1. The molecule has 8 nitrogen and oxygen atoms in total. The first-order valence-corrected chi connectivity index (χ1v) is 10.9. The summed E-state index contributed by atoms with van der Waals surface area (Å²) in [4.78, 5) is 16.0. The maximum atomic E-state index is 11.2. The number of carbonyl (C=O) groups excluding carboxylic acids is 1. The van der Waals surface area contributed by atoms with E-state index in [-0.39, 0.29) is 34.1 Å². The Balaban J connectivity index is 0.00000124. The van der Waals surface area contributed by atoms with E-state index in [0.29, 0.717) is 12.0 Å².